The van der Waals surface area contributed by atoms with Crippen LogP contribution in [0.4, 0.5) is 0 Å². The van der Waals surface area contributed by atoms with Gasteiger partial charge in [-0.15, -0.1) is 0 Å². The summed E-state index contributed by atoms with van der Waals surface area (Å²) in [6, 6.07) is 15.0. The van der Waals surface area contributed by atoms with Gasteiger partial charge in [0.1, 0.15) is 10.6 Å². The molecule has 0 bridgehead atoms. The molecule has 0 aromatic heterocycles. The van der Waals surface area contributed by atoms with E-state index in [-0.39, 0.29) is 18.0 Å². The normalized spacial score (nSPS) is 11.7. The Hall–Kier alpha value is -1.89. The molecule has 2 rings (SSSR count). The Bertz CT molecular complexity index is 761. The second-order valence-corrected chi connectivity index (χ2v) is 7.49. The van der Waals surface area contributed by atoms with Gasteiger partial charge >= 0.3 is 0 Å². The third-order valence-electron chi connectivity index (χ3n) is 3.81. The summed E-state index contributed by atoms with van der Waals surface area (Å²) in [5, 5.41) is 0. The monoisotopic (exact) mass is 348 g/mol. The fraction of sp³-hybridized carbons (Fsp3) is 0.333. The van der Waals surface area contributed by atoms with Gasteiger partial charge in [-0.3, -0.25) is 0 Å². The molecule has 0 amide bonds. The zero-order valence-corrected chi connectivity index (χ0v) is 14.9. The summed E-state index contributed by atoms with van der Waals surface area (Å²) in [7, 11) is -2.20. The van der Waals surface area contributed by atoms with Crippen molar-refractivity contribution in [3.63, 3.8) is 0 Å². The Morgan fingerprint density at radius 2 is 1.79 bits per heavy atom. The topological polar surface area (TPSA) is 72.6 Å². The Morgan fingerprint density at radius 1 is 1.08 bits per heavy atom. The molecule has 0 radical (unpaired) electrons. The Balaban J connectivity index is 2.30. The molecule has 2 aromatic carbocycles. The maximum Gasteiger partial charge on any atom is 0.246 e. The van der Waals surface area contributed by atoms with Crippen molar-refractivity contribution in [2.75, 3.05) is 26.7 Å². The lowest BCUT2D eigenvalue weighted by atomic mass is 10.1. The van der Waals surface area contributed by atoms with Crippen molar-refractivity contribution in [2.45, 2.75) is 18.2 Å². The number of methoxy groups -OCH3 is 1. The van der Waals surface area contributed by atoms with Crippen molar-refractivity contribution >= 4 is 10.0 Å². The molecule has 0 saturated carbocycles. The highest BCUT2D eigenvalue weighted by Gasteiger charge is 2.27. The summed E-state index contributed by atoms with van der Waals surface area (Å²) < 4.78 is 32.8. The van der Waals surface area contributed by atoms with Crippen LogP contribution >= 0.6 is 0 Å². The van der Waals surface area contributed by atoms with Gasteiger partial charge in [0, 0.05) is 19.6 Å². The third kappa shape index (κ3) is 4.35. The number of ether oxygens (including phenoxy) is 1. The molecule has 0 aliphatic heterocycles. The minimum absolute atomic E-state index is 0.187. The predicted octanol–water partition coefficient (Wildman–Crippen LogP) is 2.20. The standard InChI is InChI=1S/C18H24N2O3S/c1-15-8-9-17(23-2)18(14-15)24(21,22)20(13-11-19)12-10-16-6-4-3-5-7-16/h3-9,14H,10-13,19H2,1-2H3. The third-order valence-corrected chi connectivity index (χ3v) is 5.73. The number of sulfonamides is 1. The van der Waals surface area contributed by atoms with E-state index in [2.05, 4.69) is 0 Å². The van der Waals surface area contributed by atoms with Gasteiger partial charge < -0.3 is 10.5 Å². The molecule has 2 N–H and O–H groups in total. The van der Waals surface area contributed by atoms with E-state index < -0.39 is 10.0 Å². The number of hydrogen-bond acceptors (Lipinski definition) is 4. The van der Waals surface area contributed by atoms with E-state index >= 15 is 0 Å². The molecule has 0 spiro atoms. The highest BCUT2D eigenvalue weighted by atomic mass is 32.2. The summed E-state index contributed by atoms with van der Waals surface area (Å²) in [5.74, 6) is 0.349. The first-order valence-electron chi connectivity index (χ1n) is 7.88. The Morgan fingerprint density at radius 3 is 2.42 bits per heavy atom. The van der Waals surface area contributed by atoms with Gasteiger partial charge in [-0.1, -0.05) is 36.4 Å². The SMILES string of the molecule is COc1ccc(C)cc1S(=O)(=O)N(CCN)CCc1ccccc1. The van der Waals surface area contributed by atoms with Gasteiger partial charge in [-0.2, -0.15) is 4.31 Å². The summed E-state index contributed by atoms with van der Waals surface area (Å²) in [5.41, 5.74) is 7.59. The Kier molecular flexibility index (Phi) is 6.36. The van der Waals surface area contributed by atoms with Crippen LogP contribution in [0.2, 0.25) is 0 Å². The molecule has 0 saturated heterocycles. The first kappa shape index (κ1) is 18.4. The van der Waals surface area contributed by atoms with Gasteiger partial charge in [0.2, 0.25) is 10.0 Å². The van der Waals surface area contributed by atoms with Crippen LogP contribution in [0, 0.1) is 6.92 Å². The van der Waals surface area contributed by atoms with Crippen LogP contribution in [0.25, 0.3) is 0 Å². The van der Waals surface area contributed by atoms with Crippen molar-refractivity contribution in [1.29, 1.82) is 0 Å². The summed E-state index contributed by atoms with van der Waals surface area (Å²) in [6.45, 7) is 2.77. The van der Waals surface area contributed by atoms with E-state index in [1.165, 1.54) is 11.4 Å². The zero-order valence-electron chi connectivity index (χ0n) is 14.1. The maximum atomic E-state index is 13.1. The number of benzene rings is 2. The molecule has 6 heteroatoms. The van der Waals surface area contributed by atoms with Gasteiger partial charge in [-0.25, -0.2) is 8.42 Å². The molecule has 0 atom stereocenters. The number of hydrogen-bond donors (Lipinski definition) is 1. The molecule has 0 unspecified atom stereocenters. The quantitative estimate of drug-likeness (QED) is 0.794. The van der Waals surface area contributed by atoms with Gasteiger partial charge in [0.05, 0.1) is 7.11 Å². The molecule has 24 heavy (non-hydrogen) atoms. The molecular weight excluding hydrogens is 324 g/mol. The zero-order chi connectivity index (χ0) is 17.6. The van der Waals surface area contributed by atoms with Crippen LogP contribution in [-0.2, 0) is 16.4 Å². The first-order chi connectivity index (χ1) is 11.5. The number of nitrogens with two attached hydrogens (primary N) is 1. The number of nitrogens with zero attached hydrogens (tertiary/aromatic N) is 1. The lowest BCUT2D eigenvalue weighted by Gasteiger charge is -2.23. The molecule has 5 nitrogen and oxygen atoms in total. The largest absolute Gasteiger partial charge is 0.495 e. The molecule has 0 heterocycles. The van der Waals surface area contributed by atoms with Gasteiger partial charge in [0.25, 0.3) is 0 Å². The van der Waals surface area contributed by atoms with Crippen molar-refractivity contribution in [3.05, 3.63) is 59.7 Å². The van der Waals surface area contributed by atoms with Gasteiger partial charge in [0.15, 0.2) is 0 Å². The van der Waals surface area contributed by atoms with E-state index in [0.717, 1.165) is 11.1 Å². The Labute approximate surface area is 144 Å². The average molecular weight is 348 g/mol. The van der Waals surface area contributed by atoms with Crippen LogP contribution < -0.4 is 10.5 Å². The number of rotatable bonds is 8. The summed E-state index contributed by atoms with van der Waals surface area (Å²) >= 11 is 0. The molecular formula is C18H24N2O3S. The fourth-order valence-electron chi connectivity index (χ4n) is 2.52. The number of aryl methyl sites for hydroxylation is 1. The van der Waals surface area contributed by atoms with Crippen LogP contribution in [0.5, 0.6) is 5.75 Å². The van der Waals surface area contributed by atoms with Crippen molar-refractivity contribution in [3.8, 4) is 5.75 Å². The van der Waals surface area contributed by atoms with Crippen molar-refractivity contribution in [2.24, 2.45) is 5.73 Å². The molecule has 0 aliphatic carbocycles. The van der Waals surface area contributed by atoms with E-state index in [9.17, 15) is 8.42 Å². The van der Waals surface area contributed by atoms with E-state index in [1.807, 2.05) is 43.3 Å². The molecule has 0 fully saturated rings. The average Bonchev–Trinajstić information content (AvgIpc) is 2.59. The fourth-order valence-corrected chi connectivity index (χ4v) is 4.22. The van der Waals surface area contributed by atoms with Crippen LogP contribution in [0.15, 0.2) is 53.4 Å². The highest BCUT2D eigenvalue weighted by Crippen LogP contribution is 2.27. The molecule has 2 aromatic rings. The second kappa shape index (κ2) is 8.28. The van der Waals surface area contributed by atoms with Crippen LogP contribution in [0.3, 0.4) is 0 Å². The van der Waals surface area contributed by atoms with Gasteiger partial charge in [-0.05, 0) is 36.6 Å². The maximum absolute atomic E-state index is 13.1. The highest BCUT2D eigenvalue weighted by molar-refractivity contribution is 7.89. The van der Waals surface area contributed by atoms with Crippen LogP contribution in [0.1, 0.15) is 11.1 Å². The molecule has 0 aliphatic rings. The van der Waals surface area contributed by atoms with Crippen molar-refractivity contribution < 1.29 is 13.2 Å². The summed E-state index contributed by atoms with van der Waals surface area (Å²) in [4.78, 5) is 0.187. The lowest BCUT2D eigenvalue weighted by molar-refractivity contribution is 0.391. The predicted molar refractivity (Wildman–Crippen MR) is 95.7 cm³/mol. The van der Waals surface area contributed by atoms with E-state index in [1.54, 1.807) is 12.1 Å². The van der Waals surface area contributed by atoms with Crippen molar-refractivity contribution in [1.82, 2.24) is 4.31 Å². The summed E-state index contributed by atoms with van der Waals surface area (Å²) in [6.07, 6.45) is 0.633. The van der Waals surface area contributed by atoms with Crippen LogP contribution in [-0.4, -0.2) is 39.5 Å². The molecule has 130 valence electrons. The van der Waals surface area contributed by atoms with E-state index in [0.29, 0.717) is 18.7 Å². The minimum Gasteiger partial charge on any atom is -0.495 e. The van der Waals surface area contributed by atoms with E-state index in [4.69, 9.17) is 10.5 Å². The second-order valence-electron chi connectivity index (χ2n) is 5.58. The minimum atomic E-state index is -3.67. The first-order valence-corrected chi connectivity index (χ1v) is 9.32. The lowest BCUT2D eigenvalue weighted by Crippen LogP contribution is -2.37. The smallest absolute Gasteiger partial charge is 0.246 e.